The van der Waals surface area contributed by atoms with Gasteiger partial charge in [-0.3, -0.25) is 9.00 Å². The first-order chi connectivity index (χ1) is 7.99. The van der Waals surface area contributed by atoms with Crippen molar-refractivity contribution in [1.82, 2.24) is 20.3 Å². The molecular weight excluding hydrogens is 248 g/mol. The second kappa shape index (κ2) is 6.09. The van der Waals surface area contributed by atoms with E-state index in [2.05, 4.69) is 15.6 Å². The predicted molar refractivity (Wildman–Crippen MR) is 58.9 cm³/mol. The summed E-state index contributed by atoms with van der Waals surface area (Å²) in [5, 5.41) is 18.0. The number of carboxylic acids is 1. The number of aromatic carboxylic acids is 1. The van der Waals surface area contributed by atoms with Crippen LogP contribution in [0.1, 0.15) is 10.5 Å². The van der Waals surface area contributed by atoms with Crippen LogP contribution in [0.4, 0.5) is 0 Å². The standard InChI is InChI=1S/C8H12N4O4S/c1-17(16)3-2-9-7(13)5-12-4-6(8(14)15)10-11-12/h4H,2-3,5H2,1H3,(H,9,13)(H,14,15). The number of nitrogens with one attached hydrogen (secondary N) is 1. The van der Waals surface area contributed by atoms with Crippen molar-refractivity contribution in [3.63, 3.8) is 0 Å². The van der Waals surface area contributed by atoms with Crippen molar-refractivity contribution < 1.29 is 18.9 Å². The van der Waals surface area contributed by atoms with Crippen LogP contribution in [0.2, 0.25) is 0 Å². The highest BCUT2D eigenvalue weighted by Gasteiger charge is 2.10. The van der Waals surface area contributed by atoms with Gasteiger partial charge in [0.2, 0.25) is 5.91 Å². The fourth-order valence-corrected chi connectivity index (χ4v) is 1.40. The number of carbonyl (C=O) groups is 2. The van der Waals surface area contributed by atoms with Crippen LogP contribution in [-0.4, -0.2) is 54.7 Å². The molecule has 1 aromatic rings. The molecule has 0 saturated heterocycles. The van der Waals surface area contributed by atoms with Gasteiger partial charge in [-0.25, -0.2) is 9.48 Å². The number of rotatable bonds is 6. The molecule has 0 aliphatic carbocycles. The quantitative estimate of drug-likeness (QED) is 0.641. The third kappa shape index (κ3) is 4.72. The topological polar surface area (TPSA) is 114 Å². The highest BCUT2D eigenvalue weighted by atomic mass is 32.2. The van der Waals surface area contributed by atoms with Gasteiger partial charge in [-0.2, -0.15) is 0 Å². The lowest BCUT2D eigenvalue weighted by molar-refractivity contribution is -0.121. The molecule has 9 heteroatoms. The number of nitrogens with zero attached hydrogens (tertiary/aromatic N) is 3. The fraction of sp³-hybridized carbons (Fsp3) is 0.500. The molecule has 0 saturated carbocycles. The second-order valence-corrected chi connectivity index (χ2v) is 4.79. The van der Waals surface area contributed by atoms with E-state index in [4.69, 9.17) is 5.11 Å². The number of carboxylic acid groups (broad SMARTS) is 1. The molecule has 0 aliphatic heterocycles. The zero-order chi connectivity index (χ0) is 12.8. The molecule has 94 valence electrons. The SMILES string of the molecule is CS(=O)CCNC(=O)Cn1cc(C(=O)O)nn1. The van der Waals surface area contributed by atoms with Gasteiger partial charge in [-0.1, -0.05) is 5.21 Å². The molecule has 0 aliphatic rings. The molecule has 0 fully saturated rings. The smallest absolute Gasteiger partial charge is 0.358 e. The highest BCUT2D eigenvalue weighted by molar-refractivity contribution is 7.84. The van der Waals surface area contributed by atoms with Gasteiger partial charge < -0.3 is 10.4 Å². The third-order valence-electron chi connectivity index (χ3n) is 1.78. The van der Waals surface area contributed by atoms with E-state index in [0.717, 1.165) is 4.68 Å². The zero-order valence-corrected chi connectivity index (χ0v) is 9.94. The maximum absolute atomic E-state index is 11.3. The van der Waals surface area contributed by atoms with E-state index < -0.39 is 16.8 Å². The first kappa shape index (κ1) is 13.3. The summed E-state index contributed by atoms with van der Waals surface area (Å²) >= 11 is 0. The first-order valence-electron chi connectivity index (χ1n) is 4.69. The molecule has 1 rings (SSSR count). The molecule has 0 aromatic carbocycles. The minimum Gasteiger partial charge on any atom is -0.476 e. The van der Waals surface area contributed by atoms with Gasteiger partial charge in [0, 0.05) is 29.4 Å². The number of aromatic nitrogens is 3. The van der Waals surface area contributed by atoms with Gasteiger partial charge in [-0.05, 0) is 0 Å². The first-order valence-corrected chi connectivity index (χ1v) is 6.42. The molecule has 0 radical (unpaired) electrons. The van der Waals surface area contributed by atoms with Crippen LogP contribution in [0.3, 0.4) is 0 Å². The molecule has 17 heavy (non-hydrogen) atoms. The Hall–Kier alpha value is -1.77. The molecule has 8 nitrogen and oxygen atoms in total. The monoisotopic (exact) mass is 260 g/mol. The minimum atomic E-state index is -1.20. The van der Waals surface area contributed by atoms with Crippen LogP contribution in [0.15, 0.2) is 6.20 Å². The van der Waals surface area contributed by atoms with Crippen LogP contribution in [-0.2, 0) is 22.1 Å². The molecular formula is C8H12N4O4S. The third-order valence-corrected chi connectivity index (χ3v) is 2.55. The van der Waals surface area contributed by atoms with Crippen LogP contribution >= 0.6 is 0 Å². The summed E-state index contributed by atoms with van der Waals surface area (Å²) in [6.45, 7) is 0.194. The van der Waals surface area contributed by atoms with Gasteiger partial charge in [0.25, 0.3) is 0 Å². The number of amides is 1. The Kier molecular flexibility index (Phi) is 4.76. The molecule has 0 spiro atoms. The maximum Gasteiger partial charge on any atom is 0.358 e. The maximum atomic E-state index is 11.3. The molecule has 0 bridgehead atoms. The predicted octanol–water partition coefficient (Wildman–Crippen LogP) is -1.53. The van der Waals surface area contributed by atoms with Crippen molar-refractivity contribution in [2.75, 3.05) is 18.6 Å². The van der Waals surface area contributed by atoms with Crippen molar-refractivity contribution >= 4 is 22.7 Å². The lowest BCUT2D eigenvalue weighted by Crippen LogP contribution is -2.30. The lowest BCUT2D eigenvalue weighted by Gasteiger charge is -2.02. The fourth-order valence-electron chi connectivity index (χ4n) is 1.01. The van der Waals surface area contributed by atoms with Gasteiger partial charge >= 0.3 is 5.97 Å². The van der Waals surface area contributed by atoms with Crippen molar-refractivity contribution in [1.29, 1.82) is 0 Å². The zero-order valence-electron chi connectivity index (χ0n) is 9.12. The average Bonchev–Trinajstić information content (AvgIpc) is 2.65. The molecule has 1 aromatic heterocycles. The summed E-state index contributed by atoms with van der Waals surface area (Å²) in [5.41, 5.74) is -0.215. The van der Waals surface area contributed by atoms with E-state index in [1.165, 1.54) is 6.20 Å². The minimum absolute atomic E-state index is 0.114. The Labute approximate surface area is 99.5 Å². The summed E-state index contributed by atoms with van der Waals surface area (Å²) in [7, 11) is -0.958. The van der Waals surface area contributed by atoms with E-state index in [-0.39, 0.29) is 18.1 Å². The Morgan fingerprint density at radius 2 is 2.29 bits per heavy atom. The summed E-state index contributed by atoms with van der Waals surface area (Å²) < 4.78 is 11.9. The number of carbonyl (C=O) groups excluding carboxylic acids is 1. The molecule has 1 amide bonds. The van der Waals surface area contributed by atoms with E-state index >= 15 is 0 Å². The van der Waals surface area contributed by atoms with E-state index in [0.29, 0.717) is 12.3 Å². The van der Waals surface area contributed by atoms with Crippen molar-refractivity contribution in [3.8, 4) is 0 Å². The van der Waals surface area contributed by atoms with Gasteiger partial charge in [0.1, 0.15) is 6.54 Å². The summed E-state index contributed by atoms with van der Waals surface area (Å²) in [5.74, 6) is -1.15. The highest BCUT2D eigenvalue weighted by Crippen LogP contribution is 1.92. The average molecular weight is 260 g/mol. The largest absolute Gasteiger partial charge is 0.476 e. The van der Waals surface area contributed by atoms with Gasteiger partial charge in [0.15, 0.2) is 5.69 Å². The Morgan fingerprint density at radius 3 is 2.82 bits per heavy atom. The van der Waals surface area contributed by atoms with Crippen LogP contribution in [0.5, 0.6) is 0 Å². The molecule has 1 atom stereocenters. The second-order valence-electron chi connectivity index (χ2n) is 3.23. The molecule has 2 N–H and O–H groups in total. The van der Waals surface area contributed by atoms with Crippen molar-refractivity contribution in [2.45, 2.75) is 6.54 Å². The number of hydrogen-bond donors (Lipinski definition) is 2. The van der Waals surface area contributed by atoms with Crippen LogP contribution in [0, 0.1) is 0 Å². The summed E-state index contributed by atoms with van der Waals surface area (Å²) in [6.07, 6.45) is 2.71. The van der Waals surface area contributed by atoms with E-state index in [1.54, 1.807) is 6.26 Å². The van der Waals surface area contributed by atoms with Crippen molar-refractivity contribution in [2.24, 2.45) is 0 Å². The van der Waals surface area contributed by atoms with E-state index in [9.17, 15) is 13.8 Å². The van der Waals surface area contributed by atoms with Gasteiger partial charge in [0.05, 0.1) is 6.20 Å². The summed E-state index contributed by atoms with van der Waals surface area (Å²) in [6, 6.07) is 0. The summed E-state index contributed by atoms with van der Waals surface area (Å²) in [4.78, 5) is 21.8. The molecule has 1 heterocycles. The van der Waals surface area contributed by atoms with Crippen molar-refractivity contribution in [3.05, 3.63) is 11.9 Å². The normalized spacial score (nSPS) is 12.1. The molecule has 1 unspecified atom stereocenters. The van der Waals surface area contributed by atoms with E-state index in [1.807, 2.05) is 0 Å². The Balaban J connectivity index is 2.39. The van der Waals surface area contributed by atoms with Crippen LogP contribution in [0.25, 0.3) is 0 Å². The Bertz CT molecular complexity index is 444. The Morgan fingerprint density at radius 1 is 1.59 bits per heavy atom. The van der Waals surface area contributed by atoms with Crippen LogP contribution < -0.4 is 5.32 Å². The lowest BCUT2D eigenvalue weighted by atomic mass is 10.5. The number of hydrogen-bond acceptors (Lipinski definition) is 5. The van der Waals surface area contributed by atoms with Gasteiger partial charge in [-0.15, -0.1) is 5.10 Å².